The van der Waals surface area contributed by atoms with Crippen molar-refractivity contribution in [2.45, 2.75) is 45.6 Å². The highest BCUT2D eigenvalue weighted by Crippen LogP contribution is 2.30. The third kappa shape index (κ3) is 7.19. The van der Waals surface area contributed by atoms with Crippen molar-refractivity contribution in [2.24, 2.45) is 11.8 Å². The number of nitrogens with zero attached hydrogens (tertiary/aromatic N) is 1. The van der Waals surface area contributed by atoms with Gasteiger partial charge in [-0.1, -0.05) is 74.0 Å². The van der Waals surface area contributed by atoms with E-state index >= 15 is 0 Å². The van der Waals surface area contributed by atoms with Gasteiger partial charge in [0.25, 0.3) is 0 Å². The molecule has 1 aliphatic rings. The first kappa shape index (κ1) is 23.5. The predicted molar refractivity (Wildman–Crippen MR) is 125 cm³/mol. The Kier molecular flexibility index (Phi) is 9.57. The number of hydrogen-bond donors (Lipinski definition) is 0. The number of hydrogen-bond acceptors (Lipinski definition) is 4. The summed E-state index contributed by atoms with van der Waals surface area (Å²) in [6, 6.07) is 20.9. The molecule has 2 aromatic carbocycles. The van der Waals surface area contributed by atoms with Crippen molar-refractivity contribution in [3.05, 3.63) is 71.8 Å². The van der Waals surface area contributed by atoms with Gasteiger partial charge < -0.3 is 14.4 Å². The molecule has 1 aliphatic heterocycles. The maximum absolute atomic E-state index is 11.9. The topological polar surface area (TPSA) is 38.8 Å². The lowest BCUT2D eigenvalue weighted by Crippen LogP contribution is -2.41. The zero-order valence-electron chi connectivity index (χ0n) is 19.0. The number of rotatable bonds is 11. The fourth-order valence-electron chi connectivity index (χ4n) is 4.65. The summed E-state index contributed by atoms with van der Waals surface area (Å²) >= 11 is 0. The molecule has 2 atom stereocenters. The normalized spacial score (nSPS) is 19.5. The Labute approximate surface area is 187 Å². The molecule has 0 aromatic heterocycles. The molecule has 2 aromatic rings. The molecule has 0 radical (unpaired) electrons. The molecule has 3 rings (SSSR count). The number of benzene rings is 2. The Morgan fingerprint density at radius 1 is 1.00 bits per heavy atom. The average molecular weight is 424 g/mol. The summed E-state index contributed by atoms with van der Waals surface area (Å²) in [6.07, 6.45) is 3.74. The lowest BCUT2D eigenvalue weighted by atomic mass is 9.81. The molecule has 0 amide bonds. The molecule has 0 spiro atoms. The van der Waals surface area contributed by atoms with E-state index in [1.807, 2.05) is 19.1 Å². The largest absolute Gasteiger partial charge is 0.466 e. The third-order valence-electron chi connectivity index (χ3n) is 6.34. The van der Waals surface area contributed by atoms with Crippen LogP contribution in [0.1, 0.15) is 56.8 Å². The van der Waals surface area contributed by atoms with Crippen LogP contribution in [-0.2, 0) is 14.3 Å². The molecule has 1 saturated heterocycles. The molecule has 4 heteroatoms. The van der Waals surface area contributed by atoms with Crippen molar-refractivity contribution in [1.82, 2.24) is 4.90 Å². The van der Waals surface area contributed by atoms with E-state index in [9.17, 15) is 4.79 Å². The number of likely N-dealkylation sites (tertiary alicyclic amines) is 1. The van der Waals surface area contributed by atoms with Crippen LogP contribution < -0.4 is 0 Å². The maximum atomic E-state index is 11.9. The van der Waals surface area contributed by atoms with Crippen LogP contribution in [0.3, 0.4) is 0 Å². The first-order chi connectivity index (χ1) is 15.2. The molecule has 168 valence electrons. The highest BCUT2D eigenvalue weighted by molar-refractivity contribution is 5.69. The molecule has 0 bridgehead atoms. The fraction of sp³-hybridized carbons (Fsp3) is 0.519. The summed E-state index contributed by atoms with van der Waals surface area (Å²) in [4.78, 5) is 14.5. The summed E-state index contributed by atoms with van der Waals surface area (Å²) in [5.41, 5.74) is 2.39. The molecule has 0 aliphatic carbocycles. The fourth-order valence-corrected chi connectivity index (χ4v) is 4.65. The number of carbonyl (C=O) groups excluding carboxylic acids is 1. The van der Waals surface area contributed by atoms with Crippen molar-refractivity contribution >= 4 is 5.97 Å². The summed E-state index contributed by atoms with van der Waals surface area (Å²) in [5.74, 6) is 0.984. The minimum atomic E-state index is -0.0411. The van der Waals surface area contributed by atoms with Gasteiger partial charge in [0.15, 0.2) is 0 Å². The van der Waals surface area contributed by atoms with Crippen molar-refractivity contribution < 1.29 is 14.3 Å². The number of piperidine rings is 1. The number of esters is 1. The van der Waals surface area contributed by atoms with E-state index < -0.39 is 0 Å². The Morgan fingerprint density at radius 2 is 1.65 bits per heavy atom. The zero-order chi connectivity index (χ0) is 21.9. The number of ether oxygens (including phenoxy) is 2. The van der Waals surface area contributed by atoms with Gasteiger partial charge in [-0.05, 0) is 49.3 Å². The highest BCUT2D eigenvalue weighted by atomic mass is 16.5. The molecular weight excluding hydrogens is 386 g/mol. The van der Waals surface area contributed by atoms with Crippen LogP contribution >= 0.6 is 0 Å². The van der Waals surface area contributed by atoms with Gasteiger partial charge in [0.05, 0.1) is 6.61 Å². The predicted octanol–water partition coefficient (Wildman–Crippen LogP) is 5.48. The van der Waals surface area contributed by atoms with Crippen LogP contribution in [-0.4, -0.2) is 43.7 Å². The van der Waals surface area contributed by atoms with Crippen LogP contribution in [0.25, 0.3) is 0 Å². The van der Waals surface area contributed by atoms with E-state index in [1.165, 1.54) is 11.1 Å². The number of carbonyl (C=O) groups is 1. The van der Waals surface area contributed by atoms with Gasteiger partial charge in [-0.15, -0.1) is 0 Å². The molecule has 4 nitrogen and oxygen atoms in total. The first-order valence-electron chi connectivity index (χ1n) is 11.8. The second-order valence-electron chi connectivity index (χ2n) is 8.45. The first-order valence-corrected chi connectivity index (χ1v) is 11.8. The van der Waals surface area contributed by atoms with Crippen molar-refractivity contribution in [1.29, 1.82) is 0 Å². The van der Waals surface area contributed by atoms with Crippen molar-refractivity contribution in [3.63, 3.8) is 0 Å². The van der Waals surface area contributed by atoms with Crippen LogP contribution in [0, 0.1) is 11.8 Å². The monoisotopic (exact) mass is 423 g/mol. The Balaban J connectivity index is 1.47. The van der Waals surface area contributed by atoms with E-state index in [0.717, 1.165) is 45.5 Å². The summed E-state index contributed by atoms with van der Waals surface area (Å²) in [5, 5.41) is 0. The quantitative estimate of drug-likeness (QED) is 0.354. The second kappa shape index (κ2) is 12.6. The van der Waals surface area contributed by atoms with Gasteiger partial charge in [0, 0.05) is 26.1 Å². The van der Waals surface area contributed by atoms with Crippen molar-refractivity contribution in [3.8, 4) is 0 Å². The lowest BCUT2D eigenvalue weighted by molar-refractivity contribution is -0.145. The Hall–Kier alpha value is -2.17. The van der Waals surface area contributed by atoms with Crippen LogP contribution in [0.5, 0.6) is 0 Å². The average Bonchev–Trinajstić information content (AvgIpc) is 2.81. The van der Waals surface area contributed by atoms with Gasteiger partial charge >= 0.3 is 5.97 Å². The second-order valence-corrected chi connectivity index (χ2v) is 8.45. The molecule has 1 heterocycles. The molecule has 31 heavy (non-hydrogen) atoms. The minimum absolute atomic E-state index is 0.0268. The minimum Gasteiger partial charge on any atom is -0.466 e. The van der Waals surface area contributed by atoms with E-state index in [1.54, 1.807) is 0 Å². The maximum Gasteiger partial charge on any atom is 0.306 e. The Bertz CT molecular complexity index is 725. The van der Waals surface area contributed by atoms with E-state index in [4.69, 9.17) is 9.47 Å². The summed E-state index contributed by atoms with van der Waals surface area (Å²) in [6.45, 7) is 8.48. The van der Waals surface area contributed by atoms with E-state index in [-0.39, 0.29) is 12.1 Å². The van der Waals surface area contributed by atoms with Gasteiger partial charge in [-0.3, -0.25) is 4.79 Å². The summed E-state index contributed by atoms with van der Waals surface area (Å²) < 4.78 is 11.5. The van der Waals surface area contributed by atoms with Gasteiger partial charge in [0.2, 0.25) is 0 Å². The SMILES string of the molecule is CCOC(=O)C[C@@H]1CCN(CCCOC(c2ccccc2)c2ccccc2)C[C@H]1CC. The Morgan fingerprint density at radius 3 is 2.23 bits per heavy atom. The summed E-state index contributed by atoms with van der Waals surface area (Å²) in [7, 11) is 0. The molecule has 1 fully saturated rings. The van der Waals surface area contributed by atoms with E-state index in [2.05, 4.69) is 60.4 Å². The van der Waals surface area contributed by atoms with Gasteiger partial charge in [0.1, 0.15) is 6.10 Å². The van der Waals surface area contributed by atoms with Crippen molar-refractivity contribution in [2.75, 3.05) is 32.8 Å². The van der Waals surface area contributed by atoms with E-state index in [0.29, 0.717) is 24.9 Å². The zero-order valence-corrected chi connectivity index (χ0v) is 19.0. The lowest BCUT2D eigenvalue weighted by Gasteiger charge is -2.38. The third-order valence-corrected chi connectivity index (χ3v) is 6.34. The molecule has 0 saturated carbocycles. The molecular formula is C27H37NO3. The van der Waals surface area contributed by atoms with Gasteiger partial charge in [-0.25, -0.2) is 0 Å². The highest BCUT2D eigenvalue weighted by Gasteiger charge is 2.29. The standard InChI is InChI=1S/C27H37NO3/c1-3-22-21-28(18-16-25(22)20-26(29)30-4-2)17-11-19-31-27(23-12-7-5-8-13-23)24-14-9-6-10-15-24/h5-10,12-15,22,25,27H,3-4,11,16-21H2,1-2H3/t22-,25+/m1/s1. The van der Waals surface area contributed by atoms with Gasteiger partial charge in [-0.2, -0.15) is 0 Å². The van der Waals surface area contributed by atoms with Crippen LogP contribution in [0.4, 0.5) is 0 Å². The van der Waals surface area contributed by atoms with Crippen LogP contribution in [0.2, 0.25) is 0 Å². The smallest absolute Gasteiger partial charge is 0.306 e. The molecule has 0 unspecified atom stereocenters. The molecule has 0 N–H and O–H groups in total. The van der Waals surface area contributed by atoms with Crippen LogP contribution in [0.15, 0.2) is 60.7 Å².